The first-order valence-electron chi connectivity index (χ1n) is 32.0. The smallest absolute Gasteiger partial charge is 0.351 e. The molecule has 504 valence electrons. The van der Waals surface area contributed by atoms with E-state index in [9.17, 15) is 56.3 Å². The number of hydrogen-bond donors (Lipinski definition) is 4. The number of aryl methyl sites for hydroxylation is 1. The van der Waals surface area contributed by atoms with E-state index in [0.717, 1.165) is 58.9 Å². The van der Waals surface area contributed by atoms with Gasteiger partial charge in [0.1, 0.15) is 41.8 Å². The van der Waals surface area contributed by atoms with E-state index >= 15 is 9.59 Å². The van der Waals surface area contributed by atoms with Crippen LogP contribution in [0.25, 0.3) is 0 Å². The molecule has 5 rings (SSSR count). The molecule has 2 heterocycles. The van der Waals surface area contributed by atoms with Crippen LogP contribution in [0.1, 0.15) is 162 Å². The Morgan fingerprint density at radius 3 is 1.76 bits per heavy atom. The van der Waals surface area contributed by atoms with Gasteiger partial charge in [0.05, 0.1) is 30.2 Å². The highest BCUT2D eigenvalue weighted by Crippen LogP contribution is 2.37. The summed E-state index contributed by atoms with van der Waals surface area (Å²) in [6.07, 6.45) is 1.83. The maximum Gasteiger partial charge on any atom is 0.417 e. The zero-order valence-electron chi connectivity index (χ0n) is 55.1. The Bertz CT molecular complexity index is 2760. The molecule has 4 aliphatic rings. The summed E-state index contributed by atoms with van der Waals surface area (Å²) in [5.74, 6) is -7.49. The van der Waals surface area contributed by atoms with Gasteiger partial charge in [-0.3, -0.25) is 52.7 Å². The standard InChI is InChI=1S/C64H99ClF3N11O11/c1-38(2)30-48-57(85)71-55(40(5)6)61(89)75(10)36-53(82)73(8)37-54(83)77(12)50(34-42-20-15-14-16-21-42)60(88)74(9)35-51(80)70-46(26-24-43-23-25-44(45(65)33-43)64(66,67)68)59(87)79-29-19-22-47(79)58(86)72-63(27-17-18-28-63)62(90)78(13)49(31-39(3)4)56(84)69-41(7)32-52(81)76(48)11/h23,25,33,38-42,46-50,55H,14-22,24,26-32,34-37H2,1-13H3,(H,69,84)(H,70,80)(H,71,85)(H,72,86)/t41-,46+,47+,48+,49+,50+,55+/m1/s1. The predicted octanol–water partition coefficient (Wildman–Crippen LogP) is 5.16. The summed E-state index contributed by atoms with van der Waals surface area (Å²) in [5.41, 5.74) is -2.24. The van der Waals surface area contributed by atoms with E-state index in [1.54, 1.807) is 20.8 Å². The molecule has 2 saturated heterocycles. The van der Waals surface area contributed by atoms with E-state index in [-0.39, 0.29) is 82.1 Å². The molecule has 0 unspecified atom stereocenters. The summed E-state index contributed by atoms with van der Waals surface area (Å²) in [5, 5.41) is 10.9. The number of alkyl halides is 3. The Hall–Kier alpha value is -6.53. The van der Waals surface area contributed by atoms with Gasteiger partial charge in [0.2, 0.25) is 65.0 Å². The fraction of sp³-hybridized carbons (Fsp3) is 0.734. The number of benzene rings is 1. The van der Waals surface area contributed by atoms with Crippen molar-refractivity contribution in [2.75, 3.05) is 68.5 Å². The number of amides is 11. The number of carbonyl (C=O) groups is 11. The number of carbonyl (C=O) groups excluding carboxylic acids is 11. The van der Waals surface area contributed by atoms with Crippen molar-refractivity contribution in [1.29, 1.82) is 0 Å². The van der Waals surface area contributed by atoms with Crippen LogP contribution in [0.5, 0.6) is 0 Å². The molecule has 1 aromatic carbocycles. The van der Waals surface area contributed by atoms with Crippen molar-refractivity contribution in [3.05, 3.63) is 34.3 Å². The third-order valence-electron chi connectivity index (χ3n) is 18.2. The van der Waals surface area contributed by atoms with Crippen LogP contribution in [0, 0.1) is 23.7 Å². The number of likely N-dealkylation sites (N-methyl/N-ethyl adjacent to an activating group) is 6. The zero-order valence-corrected chi connectivity index (χ0v) is 55.8. The summed E-state index contributed by atoms with van der Waals surface area (Å²) in [6, 6.07) is -4.57. The molecule has 4 N–H and O–H groups in total. The highest BCUT2D eigenvalue weighted by molar-refractivity contribution is 6.31. The fourth-order valence-electron chi connectivity index (χ4n) is 12.9. The molecule has 0 aromatic heterocycles. The number of nitrogens with zero attached hydrogens (tertiary/aromatic N) is 7. The second kappa shape index (κ2) is 32.7. The van der Waals surface area contributed by atoms with E-state index in [4.69, 9.17) is 11.6 Å². The third-order valence-corrected chi connectivity index (χ3v) is 18.5. The lowest BCUT2D eigenvalue weighted by Gasteiger charge is -2.39. The molecule has 2 aliphatic carbocycles. The molecule has 0 bridgehead atoms. The second-order valence-corrected chi connectivity index (χ2v) is 27.3. The van der Waals surface area contributed by atoms with Crippen LogP contribution < -0.4 is 21.3 Å². The molecule has 0 radical (unpaired) electrons. The number of fused-ring (bicyclic) bond motifs is 1. The van der Waals surface area contributed by atoms with Crippen molar-refractivity contribution in [2.45, 2.75) is 212 Å². The summed E-state index contributed by atoms with van der Waals surface area (Å²) in [4.78, 5) is 168. The number of nitrogens with one attached hydrogen (secondary N) is 4. The molecule has 1 aromatic rings. The predicted molar refractivity (Wildman–Crippen MR) is 332 cm³/mol. The summed E-state index contributed by atoms with van der Waals surface area (Å²) < 4.78 is 41.3. The van der Waals surface area contributed by atoms with E-state index in [1.165, 1.54) is 68.0 Å². The van der Waals surface area contributed by atoms with Gasteiger partial charge in [0, 0.05) is 61.3 Å². The van der Waals surface area contributed by atoms with Crippen LogP contribution in [-0.2, 0) is 65.3 Å². The van der Waals surface area contributed by atoms with Gasteiger partial charge >= 0.3 is 6.18 Å². The average molecular weight is 1290 g/mol. The lowest BCUT2D eigenvalue weighted by molar-refractivity contribution is -0.149. The van der Waals surface area contributed by atoms with Crippen LogP contribution in [0.15, 0.2) is 18.2 Å². The fourth-order valence-corrected chi connectivity index (χ4v) is 13.2. The minimum Gasteiger partial charge on any atom is -0.351 e. The molecule has 2 aliphatic heterocycles. The SMILES string of the molecule is CC(C)C[C@H]1C(=O)N[C@@H](C(C)C)C(=O)N(C)CC(=O)N(C)CC(=O)N(C)[C@@H](CC2CCCCC2)C(=O)N(C)CC(=O)N[C@@H](CCc2ccc(C(F)(F)F)c(Cl)c2)C(=O)N2CCC[C@H]2C(=O)NC2(CCCC2)C(=O)N(C)[C@@H](CC(C)C)C(=O)N[C@H](C)CC(=O)N1C. The maximum absolute atomic E-state index is 15.0. The molecular weight excluding hydrogens is 1190 g/mol. The van der Waals surface area contributed by atoms with Crippen molar-refractivity contribution in [1.82, 2.24) is 55.6 Å². The Morgan fingerprint density at radius 2 is 1.18 bits per heavy atom. The topological polar surface area (TPSA) is 259 Å². The Morgan fingerprint density at radius 1 is 0.611 bits per heavy atom. The van der Waals surface area contributed by atoms with Crippen LogP contribution in [0.4, 0.5) is 13.2 Å². The Kier molecular flexibility index (Phi) is 26.9. The lowest BCUT2D eigenvalue weighted by Crippen LogP contribution is -2.64. The highest BCUT2D eigenvalue weighted by Gasteiger charge is 2.49. The molecule has 1 spiro atoms. The first-order valence-corrected chi connectivity index (χ1v) is 32.4. The first kappa shape index (κ1) is 74.2. The highest BCUT2D eigenvalue weighted by atomic mass is 35.5. The van der Waals surface area contributed by atoms with E-state index in [0.29, 0.717) is 24.8 Å². The molecular formula is C64H99ClF3N11O11. The largest absolute Gasteiger partial charge is 0.417 e. The number of hydrogen-bond acceptors (Lipinski definition) is 11. The first-order chi connectivity index (χ1) is 42.1. The summed E-state index contributed by atoms with van der Waals surface area (Å²) in [7, 11) is 8.54. The lowest BCUT2D eigenvalue weighted by atomic mass is 9.84. The van der Waals surface area contributed by atoms with Crippen molar-refractivity contribution >= 4 is 76.6 Å². The minimum absolute atomic E-state index is 0.0341. The monoisotopic (exact) mass is 1290 g/mol. The van der Waals surface area contributed by atoms with Gasteiger partial charge in [-0.25, -0.2) is 0 Å². The van der Waals surface area contributed by atoms with Gasteiger partial charge in [-0.2, -0.15) is 13.2 Å². The van der Waals surface area contributed by atoms with E-state index < -0.39 is 155 Å². The van der Waals surface area contributed by atoms with Gasteiger partial charge in [-0.15, -0.1) is 0 Å². The van der Waals surface area contributed by atoms with E-state index in [2.05, 4.69) is 21.3 Å². The Labute approximate surface area is 534 Å². The van der Waals surface area contributed by atoms with Crippen LogP contribution in [0.2, 0.25) is 5.02 Å². The van der Waals surface area contributed by atoms with Crippen LogP contribution >= 0.6 is 11.6 Å². The molecule has 2 saturated carbocycles. The quantitative estimate of drug-likeness (QED) is 0.238. The Balaban J connectivity index is 1.54. The molecule has 4 fully saturated rings. The number of halogens is 4. The van der Waals surface area contributed by atoms with Crippen molar-refractivity contribution in [3.63, 3.8) is 0 Å². The van der Waals surface area contributed by atoms with Crippen molar-refractivity contribution < 1.29 is 65.9 Å². The van der Waals surface area contributed by atoms with Crippen LogP contribution in [0.3, 0.4) is 0 Å². The molecule has 26 heteroatoms. The van der Waals surface area contributed by atoms with Gasteiger partial charge < -0.3 is 55.6 Å². The molecule has 90 heavy (non-hydrogen) atoms. The van der Waals surface area contributed by atoms with Gasteiger partial charge in [-0.05, 0) is 106 Å². The van der Waals surface area contributed by atoms with Crippen molar-refractivity contribution in [3.8, 4) is 0 Å². The average Bonchev–Trinajstić information content (AvgIpc) is 1.56. The normalized spacial score (nSPS) is 26.0. The van der Waals surface area contributed by atoms with E-state index in [1.807, 2.05) is 27.7 Å². The van der Waals surface area contributed by atoms with Crippen LogP contribution in [-0.4, -0.2) is 216 Å². The molecule has 11 amide bonds. The number of rotatable bonds is 10. The van der Waals surface area contributed by atoms with Gasteiger partial charge in [0.25, 0.3) is 0 Å². The summed E-state index contributed by atoms with van der Waals surface area (Å²) >= 11 is 6.11. The maximum atomic E-state index is 15.0. The minimum atomic E-state index is -4.74. The second-order valence-electron chi connectivity index (χ2n) is 26.9. The van der Waals surface area contributed by atoms with Gasteiger partial charge in [-0.1, -0.05) is 104 Å². The molecule has 22 nitrogen and oxygen atoms in total. The zero-order chi connectivity index (χ0) is 67.3. The van der Waals surface area contributed by atoms with Gasteiger partial charge in [0.15, 0.2) is 0 Å². The third kappa shape index (κ3) is 19.7. The van der Waals surface area contributed by atoms with Crippen molar-refractivity contribution in [2.24, 2.45) is 23.7 Å². The molecule has 7 atom stereocenters. The summed E-state index contributed by atoms with van der Waals surface area (Å²) in [6.45, 7) is 11.0.